The van der Waals surface area contributed by atoms with Gasteiger partial charge in [-0.05, 0) is 18.4 Å². The summed E-state index contributed by atoms with van der Waals surface area (Å²) in [5.41, 5.74) is 6.42. The molecule has 1 aliphatic rings. The van der Waals surface area contributed by atoms with Crippen molar-refractivity contribution in [3.8, 4) is 0 Å². The second kappa shape index (κ2) is 5.28. The zero-order chi connectivity index (χ0) is 8.69. The van der Waals surface area contributed by atoms with Gasteiger partial charge < -0.3 is 15.8 Å². The minimum absolute atomic E-state index is 0.858. The molecule has 0 amide bonds. The molecule has 0 saturated heterocycles. The van der Waals surface area contributed by atoms with Crippen LogP contribution in [0.3, 0.4) is 0 Å². The van der Waals surface area contributed by atoms with Crippen molar-refractivity contribution in [2.75, 3.05) is 13.6 Å². The number of likely N-dealkylation sites (N-methyl/N-ethyl adjacent to an activating group) is 1. The maximum Gasteiger partial charge on any atom is 0.152 e. The first-order valence-electron chi connectivity index (χ1n) is 3.00. The summed E-state index contributed by atoms with van der Waals surface area (Å²) in [6.07, 6.45) is 5.86. The molecule has 0 aromatic rings. The molecule has 62 valence electrons. The van der Waals surface area contributed by atoms with E-state index in [9.17, 15) is 0 Å². The van der Waals surface area contributed by atoms with Crippen LogP contribution in [0.2, 0.25) is 0 Å². The lowest BCUT2D eigenvalue weighted by Gasteiger charge is -2.16. The molecule has 3 N–H and O–H groups in total. The van der Waals surface area contributed by atoms with Gasteiger partial charge in [-0.15, -0.1) is 4.91 Å². The number of hydrogen-bond donors (Lipinski definition) is 2. The number of nitrogens with zero attached hydrogens (tertiary/aromatic N) is 2. The molecule has 0 unspecified atom stereocenters. The van der Waals surface area contributed by atoms with Gasteiger partial charge in [-0.1, -0.05) is 0 Å². The molecule has 1 rings (SSSR count). The molecule has 1 aliphatic heterocycles. The van der Waals surface area contributed by atoms with Crippen LogP contribution >= 0.6 is 0 Å². The molecule has 5 nitrogen and oxygen atoms in total. The van der Waals surface area contributed by atoms with E-state index in [2.05, 4.69) is 0 Å². The van der Waals surface area contributed by atoms with Gasteiger partial charge in [-0.2, -0.15) is 0 Å². The van der Waals surface area contributed by atoms with Gasteiger partial charge in [0.25, 0.3) is 0 Å². The molecule has 0 saturated carbocycles. The molecule has 11 heavy (non-hydrogen) atoms. The summed E-state index contributed by atoms with van der Waals surface area (Å²) >= 11 is 0. The summed E-state index contributed by atoms with van der Waals surface area (Å²) in [7, 11) is 2.00. The highest BCUT2D eigenvalue weighted by atomic mass is 16.6. The van der Waals surface area contributed by atoms with E-state index in [0.717, 1.165) is 12.2 Å². The van der Waals surface area contributed by atoms with Crippen molar-refractivity contribution in [3.63, 3.8) is 0 Å². The van der Waals surface area contributed by atoms with Crippen LogP contribution in [-0.2, 0) is 0 Å². The minimum Gasteiger partial charge on any atom is -0.401 e. The van der Waals surface area contributed by atoms with Crippen LogP contribution in [0.1, 0.15) is 0 Å². The fraction of sp³-hybridized carbons (Fsp3) is 0.333. The number of rotatable bonds is 0. The first-order valence-corrected chi connectivity index (χ1v) is 3.00. The van der Waals surface area contributed by atoms with E-state index < -0.39 is 0 Å². The highest BCUT2D eigenvalue weighted by Crippen LogP contribution is 1.97. The van der Waals surface area contributed by atoms with Crippen LogP contribution in [0.15, 0.2) is 29.4 Å². The lowest BCUT2D eigenvalue weighted by atomic mass is 10.3. The Kier molecular flexibility index (Phi) is 4.55. The third kappa shape index (κ3) is 4.95. The molecule has 0 fully saturated rings. The Morgan fingerprint density at radius 2 is 2.36 bits per heavy atom. The maximum atomic E-state index is 8.11. The summed E-state index contributed by atoms with van der Waals surface area (Å²) in [4.78, 5) is 10.1. The molecule has 0 aliphatic carbocycles. The lowest BCUT2D eigenvalue weighted by Crippen LogP contribution is -2.20. The minimum atomic E-state index is 0.858. The second-order valence-corrected chi connectivity index (χ2v) is 2.08. The summed E-state index contributed by atoms with van der Waals surface area (Å²) in [5.74, 6) is 0. The second-order valence-electron chi connectivity index (χ2n) is 2.08. The first kappa shape index (κ1) is 9.48. The van der Waals surface area contributed by atoms with Crippen molar-refractivity contribution in [1.29, 1.82) is 0 Å². The molecule has 1 heterocycles. The van der Waals surface area contributed by atoms with E-state index in [-0.39, 0.29) is 0 Å². The van der Waals surface area contributed by atoms with Gasteiger partial charge in [0.2, 0.25) is 0 Å². The van der Waals surface area contributed by atoms with Crippen LogP contribution in [-0.4, -0.2) is 23.7 Å². The number of nitrogens with two attached hydrogens (primary N) is 1. The topological polar surface area (TPSA) is 78.9 Å². The van der Waals surface area contributed by atoms with E-state index in [4.69, 9.17) is 15.8 Å². The van der Waals surface area contributed by atoms with Crippen molar-refractivity contribution in [3.05, 3.63) is 29.0 Å². The van der Waals surface area contributed by atoms with Crippen LogP contribution in [0.25, 0.3) is 0 Å². The van der Waals surface area contributed by atoms with Crippen molar-refractivity contribution in [1.82, 2.24) is 4.90 Å². The smallest absolute Gasteiger partial charge is 0.152 e. The average molecular weight is 157 g/mol. The Bertz CT molecular complexity index is 177. The molecule has 0 radical (unpaired) electrons. The Labute approximate surface area is 64.7 Å². The normalized spacial score (nSPS) is 14.6. The average Bonchev–Trinajstić information content (AvgIpc) is 1.88. The number of allylic oxidation sites excluding steroid dienone is 2. The standard InChI is InChI=1S/C6H10N2.HNO2/c1-8-4-2-3-6(7)5-8;2-1-3/h2-4H,5,7H2,1H3;(H,2,3). The zero-order valence-corrected chi connectivity index (χ0v) is 6.27. The van der Waals surface area contributed by atoms with E-state index >= 15 is 0 Å². The predicted molar refractivity (Wildman–Crippen MR) is 41.6 cm³/mol. The van der Waals surface area contributed by atoms with Gasteiger partial charge in [0.15, 0.2) is 5.34 Å². The molecule has 0 spiro atoms. The lowest BCUT2D eigenvalue weighted by molar-refractivity contribution is 0.312. The Morgan fingerprint density at radius 3 is 2.64 bits per heavy atom. The van der Waals surface area contributed by atoms with Gasteiger partial charge >= 0.3 is 0 Å². The highest BCUT2D eigenvalue weighted by Gasteiger charge is 1.95. The first-order chi connectivity index (χ1) is 5.20. The Morgan fingerprint density at radius 1 is 1.82 bits per heavy atom. The van der Waals surface area contributed by atoms with Gasteiger partial charge in [-0.3, -0.25) is 0 Å². The van der Waals surface area contributed by atoms with E-state index in [1.54, 1.807) is 0 Å². The summed E-state index contributed by atoms with van der Waals surface area (Å²) in [5, 5.41) is 7.89. The summed E-state index contributed by atoms with van der Waals surface area (Å²) in [6.45, 7) is 0.858. The monoisotopic (exact) mass is 157 g/mol. The van der Waals surface area contributed by atoms with Crippen molar-refractivity contribution < 1.29 is 5.21 Å². The molecule has 0 aromatic heterocycles. The SMILES string of the molecule is CN1C=CC=C(N)C1.O=NO. The molecule has 0 bridgehead atoms. The molecular weight excluding hydrogens is 146 g/mol. The van der Waals surface area contributed by atoms with Gasteiger partial charge in [-0.25, -0.2) is 0 Å². The quantitative estimate of drug-likeness (QED) is 0.394. The number of hydrogen-bond acceptors (Lipinski definition) is 4. The van der Waals surface area contributed by atoms with E-state index in [1.165, 1.54) is 5.34 Å². The summed E-state index contributed by atoms with van der Waals surface area (Å²) in [6, 6.07) is 0. The van der Waals surface area contributed by atoms with Crippen LogP contribution in [0.5, 0.6) is 0 Å². The van der Waals surface area contributed by atoms with Gasteiger partial charge in [0.05, 0.1) is 6.54 Å². The molecule has 0 aromatic carbocycles. The maximum absolute atomic E-state index is 8.11. The summed E-state index contributed by atoms with van der Waals surface area (Å²) < 4.78 is 0. The third-order valence-corrected chi connectivity index (χ3v) is 1.08. The highest BCUT2D eigenvalue weighted by molar-refractivity contribution is 5.15. The third-order valence-electron chi connectivity index (χ3n) is 1.08. The molecule has 5 heteroatoms. The predicted octanol–water partition coefficient (Wildman–Crippen LogP) is 0.430. The van der Waals surface area contributed by atoms with Gasteiger partial charge in [0.1, 0.15) is 0 Å². The Balaban J connectivity index is 0.000000292. The van der Waals surface area contributed by atoms with E-state index in [0.29, 0.717) is 0 Å². The van der Waals surface area contributed by atoms with Gasteiger partial charge in [0, 0.05) is 12.7 Å². The van der Waals surface area contributed by atoms with Crippen molar-refractivity contribution >= 4 is 0 Å². The fourth-order valence-corrected chi connectivity index (χ4v) is 0.707. The molecule has 0 atom stereocenters. The van der Waals surface area contributed by atoms with Crippen LogP contribution in [0.4, 0.5) is 0 Å². The largest absolute Gasteiger partial charge is 0.401 e. The Hall–Kier alpha value is -1.52. The van der Waals surface area contributed by atoms with Crippen molar-refractivity contribution in [2.45, 2.75) is 0 Å². The van der Waals surface area contributed by atoms with Crippen molar-refractivity contribution in [2.24, 2.45) is 11.1 Å². The van der Waals surface area contributed by atoms with Crippen LogP contribution in [0, 0.1) is 4.91 Å². The van der Waals surface area contributed by atoms with E-state index in [1.807, 2.05) is 30.3 Å². The fourth-order valence-electron chi connectivity index (χ4n) is 0.707. The molecular formula is C6H11N3O2. The zero-order valence-electron chi connectivity index (χ0n) is 6.27. The van der Waals surface area contributed by atoms with Crippen LogP contribution < -0.4 is 5.73 Å².